The summed E-state index contributed by atoms with van der Waals surface area (Å²) < 4.78 is 0. The fourth-order valence-corrected chi connectivity index (χ4v) is 2.39. The van der Waals surface area contributed by atoms with Crippen LogP contribution in [0.25, 0.3) is 0 Å². The van der Waals surface area contributed by atoms with Gasteiger partial charge in [0.25, 0.3) is 0 Å². The number of hydrogen-bond donors (Lipinski definition) is 3. The predicted molar refractivity (Wildman–Crippen MR) is 72.8 cm³/mol. The SMILES string of the molecule is CCC(C)C(NC(=O)C1CCCN1C(=O)CN)C(=O)O. The lowest BCUT2D eigenvalue weighted by molar-refractivity contribution is -0.145. The van der Waals surface area contributed by atoms with E-state index in [2.05, 4.69) is 5.32 Å². The minimum atomic E-state index is -1.05. The first-order chi connectivity index (χ1) is 9.42. The molecule has 114 valence electrons. The average molecular weight is 285 g/mol. The monoisotopic (exact) mass is 285 g/mol. The minimum Gasteiger partial charge on any atom is -0.480 e. The van der Waals surface area contributed by atoms with Crippen molar-refractivity contribution in [2.45, 2.75) is 45.2 Å². The van der Waals surface area contributed by atoms with Crippen LogP contribution in [0.4, 0.5) is 0 Å². The molecule has 7 nitrogen and oxygen atoms in total. The molecule has 3 unspecified atom stereocenters. The van der Waals surface area contributed by atoms with Gasteiger partial charge in [0.1, 0.15) is 12.1 Å². The number of carbonyl (C=O) groups is 3. The van der Waals surface area contributed by atoms with Crippen molar-refractivity contribution >= 4 is 17.8 Å². The van der Waals surface area contributed by atoms with Crippen LogP contribution in [-0.4, -0.2) is 53.0 Å². The van der Waals surface area contributed by atoms with Gasteiger partial charge >= 0.3 is 5.97 Å². The second kappa shape index (κ2) is 7.23. The normalized spacial score (nSPS) is 21.4. The van der Waals surface area contributed by atoms with Crippen molar-refractivity contribution < 1.29 is 19.5 Å². The number of nitrogens with one attached hydrogen (secondary N) is 1. The zero-order chi connectivity index (χ0) is 15.3. The number of amides is 2. The van der Waals surface area contributed by atoms with E-state index in [0.29, 0.717) is 19.4 Å². The molecule has 0 saturated carbocycles. The average Bonchev–Trinajstić information content (AvgIpc) is 2.91. The zero-order valence-electron chi connectivity index (χ0n) is 12.0. The molecule has 1 heterocycles. The molecule has 4 N–H and O–H groups in total. The summed E-state index contributed by atoms with van der Waals surface area (Å²) in [7, 11) is 0. The van der Waals surface area contributed by atoms with Crippen molar-refractivity contribution in [2.75, 3.05) is 13.1 Å². The molecule has 0 radical (unpaired) electrons. The lowest BCUT2D eigenvalue weighted by Crippen LogP contribution is -2.53. The summed E-state index contributed by atoms with van der Waals surface area (Å²) >= 11 is 0. The van der Waals surface area contributed by atoms with Gasteiger partial charge in [0.2, 0.25) is 11.8 Å². The number of hydrogen-bond acceptors (Lipinski definition) is 4. The lowest BCUT2D eigenvalue weighted by atomic mass is 9.99. The topological polar surface area (TPSA) is 113 Å². The van der Waals surface area contributed by atoms with Gasteiger partial charge < -0.3 is 21.1 Å². The first-order valence-corrected chi connectivity index (χ1v) is 6.95. The number of carboxylic acids is 1. The van der Waals surface area contributed by atoms with Crippen molar-refractivity contribution in [2.24, 2.45) is 11.7 Å². The highest BCUT2D eigenvalue weighted by molar-refractivity contribution is 5.91. The maximum atomic E-state index is 12.2. The number of carbonyl (C=O) groups excluding carboxylic acids is 2. The van der Waals surface area contributed by atoms with E-state index in [9.17, 15) is 19.5 Å². The number of aliphatic carboxylic acids is 1. The molecule has 1 saturated heterocycles. The Labute approximate surface area is 118 Å². The summed E-state index contributed by atoms with van der Waals surface area (Å²) in [4.78, 5) is 36.5. The van der Waals surface area contributed by atoms with Crippen molar-refractivity contribution in [1.29, 1.82) is 0 Å². The van der Waals surface area contributed by atoms with Crippen molar-refractivity contribution in [3.05, 3.63) is 0 Å². The predicted octanol–water partition coefficient (Wildman–Crippen LogP) is -0.448. The van der Waals surface area contributed by atoms with Crippen LogP contribution in [0.5, 0.6) is 0 Å². The van der Waals surface area contributed by atoms with Crippen LogP contribution in [0.1, 0.15) is 33.1 Å². The first-order valence-electron chi connectivity index (χ1n) is 6.95. The van der Waals surface area contributed by atoms with Crippen LogP contribution in [0, 0.1) is 5.92 Å². The Morgan fingerprint density at radius 3 is 2.60 bits per heavy atom. The fourth-order valence-electron chi connectivity index (χ4n) is 2.39. The molecule has 3 atom stereocenters. The molecular formula is C13H23N3O4. The summed E-state index contributed by atoms with van der Waals surface area (Å²) in [6, 6.07) is -1.53. The summed E-state index contributed by atoms with van der Waals surface area (Å²) in [6.07, 6.45) is 1.92. The van der Waals surface area contributed by atoms with Gasteiger partial charge in [-0.05, 0) is 18.8 Å². The Hall–Kier alpha value is -1.63. The molecule has 0 aliphatic carbocycles. The van der Waals surface area contributed by atoms with E-state index in [1.807, 2.05) is 6.92 Å². The van der Waals surface area contributed by atoms with Gasteiger partial charge in [0.05, 0.1) is 6.54 Å². The maximum Gasteiger partial charge on any atom is 0.326 e. The third-order valence-corrected chi connectivity index (χ3v) is 3.83. The van der Waals surface area contributed by atoms with Crippen LogP contribution < -0.4 is 11.1 Å². The molecule has 0 aromatic carbocycles. The first kappa shape index (κ1) is 16.4. The number of nitrogens with zero attached hydrogens (tertiary/aromatic N) is 1. The van der Waals surface area contributed by atoms with Crippen molar-refractivity contribution in [3.8, 4) is 0 Å². The Balaban J connectivity index is 2.73. The quantitative estimate of drug-likeness (QED) is 0.612. The van der Waals surface area contributed by atoms with Crippen LogP contribution in [-0.2, 0) is 14.4 Å². The van der Waals surface area contributed by atoms with Gasteiger partial charge in [-0.15, -0.1) is 0 Å². The fraction of sp³-hybridized carbons (Fsp3) is 0.769. The number of likely N-dealkylation sites (tertiary alicyclic amines) is 1. The zero-order valence-corrected chi connectivity index (χ0v) is 12.0. The number of nitrogens with two attached hydrogens (primary N) is 1. The largest absolute Gasteiger partial charge is 0.480 e. The second-order valence-electron chi connectivity index (χ2n) is 5.16. The highest BCUT2D eigenvalue weighted by Crippen LogP contribution is 2.18. The van der Waals surface area contributed by atoms with Gasteiger partial charge in [-0.2, -0.15) is 0 Å². The Kier molecular flexibility index (Phi) is 5.94. The highest BCUT2D eigenvalue weighted by Gasteiger charge is 2.36. The molecule has 1 rings (SSSR count). The second-order valence-corrected chi connectivity index (χ2v) is 5.16. The highest BCUT2D eigenvalue weighted by atomic mass is 16.4. The van der Waals surface area contributed by atoms with Crippen LogP contribution in [0.2, 0.25) is 0 Å². The van der Waals surface area contributed by atoms with Crippen LogP contribution in [0.15, 0.2) is 0 Å². The number of rotatable bonds is 6. The summed E-state index contributed by atoms with van der Waals surface area (Å²) in [5.41, 5.74) is 5.32. The molecule has 7 heteroatoms. The lowest BCUT2D eigenvalue weighted by Gasteiger charge is -2.26. The van der Waals surface area contributed by atoms with Crippen molar-refractivity contribution in [1.82, 2.24) is 10.2 Å². The molecule has 1 aliphatic rings. The standard InChI is InChI=1S/C13H23N3O4/c1-3-8(2)11(13(19)20)15-12(18)9-5-4-6-16(9)10(17)7-14/h8-9,11H,3-7,14H2,1-2H3,(H,15,18)(H,19,20). The van der Waals surface area contributed by atoms with E-state index in [1.54, 1.807) is 6.92 Å². The van der Waals surface area contributed by atoms with Gasteiger partial charge in [0.15, 0.2) is 0 Å². The molecule has 0 aromatic heterocycles. The molecule has 0 bridgehead atoms. The van der Waals surface area contributed by atoms with E-state index in [0.717, 1.165) is 6.42 Å². The summed E-state index contributed by atoms with van der Waals surface area (Å²) in [6.45, 7) is 4.00. The molecule has 0 spiro atoms. The third-order valence-electron chi connectivity index (χ3n) is 3.83. The van der Waals surface area contributed by atoms with E-state index < -0.39 is 24.0 Å². The van der Waals surface area contributed by atoms with Gasteiger partial charge in [0, 0.05) is 6.54 Å². The van der Waals surface area contributed by atoms with Gasteiger partial charge in [-0.25, -0.2) is 4.79 Å². The van der Waals surface area contributed by atoms with E-state index >= 15 is 0 Å². The van der Waals surface area contributed by atoms with Gasteiger partial charge in [-0.1, -0.05) is 20.3 Å². The Morgan fingerprint density at radius 1 is 1.45 bits per heavy atom. The maximum absolute atomic E-state index is 12.2. The molecule has 1 aliphatic heterocycles. The van der Waals surface area contributed by atoms with E-state index in [-0.39, 0.29) is 18.4 Å². The molecule has 2 amide bonds. The molecular weight excluding hydrogens is 262 g/mol. The molecule has 0 aromatic rings. The van der Waals surface area contributed by atoms with Gasteiger partial charge in [-0.3, -0.25) is 9.59 Å². The molecule has 20 heavy (non-hydrogen) atoms. The van der Waals surface area contributed by atoms with E-state index in [4.69, 9.17) is 5.73 Å². The van der Waals surface area contributed by atoms with Crippen molar-refractivity contribution in [3.63, 3.8) is 0 Å². The summed E-state index contributed by atoms with van der Waals surface area (Å²) in [5, 5.41) is 11.7. The van der Waals surface area contributed by atoms with Crippen LogP contribution in [0.3, 0.4) is 0 Å². The van der Waals surface area contributed by atoms with Crippen LogP contribution >= 0.6 is 0 Å². The molecule has 1 fully saturated rings. The minimum absolute atomic E-state index is 0.141. The van der Waals surface area contributed by atoms with E-state index in [1.165, 1.54) is 4.90 Å². The number of carboxylic acid groups (broad SMARTS) is 1. The third kappa shape index (κ3) is 3.69. The summed E-state index contributed by atoms with van der Waals surface area (Å²) in [5.74, 6) is -1.91. The Morgan fingerprint density at radius 2 is 2.10 bits per heavy atom. The Bertz CT molecular complexity index is 386. The smallest absolute Gasteiger partial charge is 0.326 e.